The number of nitrogens with zero attached hydrogens (tertiary/aromatic N) is 1. The van der Waals surface area contributed by atoms with Gasteiger partial charge in [0.1, 0.15) is 5.25 Å². The Hall–Kier alpha value is -1.64. The quantitative estimate of drug-likeness (QED) is 0.912. The first kappa shape index (κ1) is 15.7. The zero-order chi connectivity index (χ0) is 15.8. The molecule has 0 radical (unpaired) electrons. The summed E-state index contributed by atoms with van der Waals surface area (Å²) >= 11 is 0. The molecular weight excluding hydrogens is 309 g/mol. The topological polar surface area (TPSA) is 76.1 Å². The molecule has 1 amide bonds. The summed E-state index contributed by atoms with van der Waals surface area (Å²) in [6, 6.07) is 1.39. The van der Waals surface area contributed by atoms with E-state index in [0.717, 1.165) is 18.9 Å². The molecule has 1 saturated carbocycles. The number of nitrogens with one attached hydrogen (secondary N) is 1. The third-order valence-corrected chi connectivity index (χ3v) is 5.08. The van der Waals surface area contributed by atoms with Gasteiger partial charge in [-0.3, -0.25) is 4.79 Å². The van der Waals surface area contributed by atoms with Crippen molar-refractivity contribution in [3.05, 3.63) is 23.9 Å². The van der Waals surface area contributed by atoms with Crippen LogP contribution in [0.25, 0.3) is 0 Å². The molecule has 5 nitrogen and oxygen atoms in total. The van der Waals surface area contributed by atoms with Crippen LogP contribution in [0.1, 0.15) is 25.3 Å². The Morgan fingerprint density at radius 2 is 2.00 bits per heavy atom. The van der Waals surface area contributed by atoms with Gasteiger partial charge in [0.2, 0.25) is 15.7 Å². The lowest BCUT2D eigenvalue weighted by Crippen LogP contribution is -2.39. The molecule has 1 unspecified atom stereocenters. The number of hydrogen-bond acceptors (Lipinski definition) is 4. The maximum Gasteiger partial charge on any atom is 0.417 e. The minimum absolute atomic E-state index is 0.00397. The monoisotopic (exact) mass is 322 g/mol. The second-order valence-corrected chi connectivity index (χ2v) is 7.07. The maximum atomic E-state index is 12.4. The first-order chi connectivity index (χ1) is 9.62. The van der Waals surface area contributed by atoms with Crippen molar-refractivity contribution in [2.24, 2.45) is 0 Å². The number of aromatic nitrogens is 1. The van der Waals surface area contributed by atoms with Crippen LogP contribution < -0.4 is 5.32 Å². The highest BCUT2D eigenvalue weighted by Crippen LogP contribution is 2.29. The van der Waals surface area contributed by atoms with E-state index in [4.69, 9.17) is 0 Å². The third kappa shape index (κ3) is 3.52. The van der Waals surface area contributed by atoms with Crippen LogP contribution in [0.2, 0.25) is 0 Å². The van der Waals surface area contributed by atoms with Crippen molar-refractivity contribution in [1.82, 2.24) is 10.3 Å². The standard InChI is InChI=1S/C12H13F3N2O3S/c1-7(11(18)17-9-3-4-9)21(19,20)10-5-2-8(6-16-10)12(13,14)15/h2,5-7,9H,3-4H2,1H3,(H,17,18). The zero-order valence-corrected chi connectivity index (χ0v) is 11.8. The van der Waals surface area contributed by atoms with E-state index in [1.165, 1.54) is 6.92 Å². The summed E-state index contributed by atoms with van der Waals surface area (Å²) in [6.45, 7) is 1.19. The number of hydrogen-bond donors (Lipinski definition) is 1. The Morgan fingerprint density at radius 3 is 2.43 bits per heavy atom. The molecule has 1 heterocycles. The summed E-state index contributed by atoms with van der Waals surface area (Å²) < 4.78 is 61.5. The van der Waals surface area contributed by atoms with Gasteiger partial charge in [-0.15, -0.1) is 0 Å². The number of pyridine rings is 1. The van der Waals surface area contributed by atoms with Gasteiger partial charge in [0.15, 0.2) is 5.03 Å². The van der Waals surface area contributed by atoms with Crippen molar-refractivity contribution in [3.8, 4) is 0 Å². The summed E-state index contributed by atoms with van der Waals surface area (Å²) in [5.74, 6) is -0.667. The van der Waals surface area contributed by atoms with E-state index in [2.05, 4.69) is 10.3 Å². The summed E-state index contributed by atoms with van der Waals surface area (Å²) in [5, 5.41) is 0.591. The average molecular weight is 322 g/mol. The Balaban J connectivity index is 2.20. The number of rotatable bonds is 4. The van der Waals surface area contributed by atoms with Crippen molar-refractivity contribution in [1.29, 1.82) is 0 Å². The predicted octanol–water partition coefficient (Wildman–Crippen LogP) is 1.54. The van der Waals surface area contributed by atoms with Crippen molar-refractivity contribution in [2.45, 2.75) is 42.3 Å². The lowest BCUT2D eigenvalue weighted by Gasteiger charge is -2.13. The van der Waals surface area contributed by atoms with E-state index >= 15 is 0 Å². The number of amides is 1. The minimum Gasteiger partial charge on any atom is -0.352 e. The van der Waals surface area contributed by atoms with E-state index in [1.807, 2.05) is 0 Å². The second-order valence-electron chi connectivity index (χ2n) is 4.85. The molecule has 1 aromatic heterocycles. The number of alkyl halides is 3. The average Bonchev–Trinajstić information content (AvgIpc) is 3.20. The second kappa shape index (κ2) is 5.28. The molecule has 9 heteroatoms. The highest BCUT2D eigenvalue weighted by atomic mass is 32.2. The van der Waals surface area contributed by atoms with Crippen LogP contribution in [0.3, 0.4) is 0 Å². The van der Waals surface area contributed by atoms with Crippen molar-refractivity contribution in [2.75, 3.05) is 0 Å². The fourth-order valence-corrected chi connectivity index (χ4v) is 2.75. The van der Waals surface area contributed by atoms with Gasteiger partial charge >= 0.3 is 6.18 Å². The summed E-state index contributed by atoms with van der Waals surface area (Å²) in [5.41, 5.74) is -1.04. The van der Waals surface area contributed by atoms with E-state index in [1.54, 1.807) is 0 Å². The SMILES string of the molecule is CC(C(=O)NC1CC1)S(=O)(=O)c1ccc(C(F)(F)F)cn1. The molecule has 116 valence electrons. The van der Waals surface area contributed by atoms with Gasteiger partial charge in [-0.05, 0) is 31.9 Å². The van der Waals surface area contributed by atoms with Crippen molar-refractivity contribution < 1.29 is 26.4 Å². The van der Waals surface area contributed by atoms with Crippen LogP contribution in [0.15, 0.2) is 23.4 Å². The lowest BCUT2D eigenvalue weighted by atomic mass is 10.3. The molecule has 2 rings (SSSR count). The largest absolute Gasteiger partial charge is 0.417 e. The molecule has 0 aromatic carbocycles. The Labute approximate surface area is 119 Å². The van der Waals surface area contributed by atoms with Gasteiger partial charge in [0.05, 0.1) is 5.56 Å². The van der Waals surface area contributed by atoms with E-state index in [-0.39, 0.29) is 6.04 Å². The molecule has 0 saturated heterocycles. The number of halogens is 3. The number of carbonyl (C=O) groups excluding carboxylic acids is 1. The smallest absolute Gasteiger partial charge is 0.352 e. The molecule has 1 N–H and O–H groups in total. The molecule has 0 spiro atoms. The van der Waals surface area contributed by atoms with Crippen molar-refractivity contribution in [3.63, 3.8) is 0 Å². The van der Waals surface area contributed by atoms with Gasteiger partial charge in [0, 0.05) is 12.2 Å². The normalized spacial score (nSPS) is 17.3. The molecular formula is C12H13F3N2O3S. The van der Waals surface area contributed by atoms with Gasteiger partial charge in [0.25, 0.3) is 0 Å². The van der Waals surface area contributed by atoms with Gasteiger partial charge in [-0.25, -0.2) is 13.4 Å². The maximum absolute atomic E-state index is 12.4. The third-order valence-electron chi connectivity index (χ3n) is 3.11. The van der Waals surface area contributed by atoms with Gasteiger partial charge in [-0.2, -0.15) is 13.2 Å². The molecule has 0 bridgehead atoms. The van der Waals surface area contributed by atoms with Gasteiger partial charge in [-0.1, -0.05) is 0 Å². The van der Waals surface area contributed by atoms with Crippen LogP contribution >= 0.6 is 0 Å². The summed E-state index contributed by atoms with van der Waals surface area (Å²) in [6.07, 6.45) is -2.54. The molecule has 1 aliphatic carbocycles. The fourth-order valence-electron chi connectivity index (χ4n) is 1.58. The van der Waals surface area contributed by atoms with Crippen molar-refractivity contribution >= 4 is 15.7 Å². The first-order valence-electron chi connectivity index (χ1n) is 6.20. The summed E-state index contributed by atoms with van der Waals surface area (Å²) in [7, 11) is -4.11. The van der Waals surface area contributed by atoms with Crippen LogP contribution in [0, 0.1) is 0 Å². The number of sulfone groups is 1. The Kier molecular flexibility index (Phi) is 3.96. The highest BCUT2D eigenvalue weighted by molar-refractivity contribution is 7.92. The molecule has 1 fully saturated rings. The van der Waals surface area contributed by atoms with E-state index in [0.29, 0.717) is 12.3 Å². The molecule has 1 aliphatic rings. The fraction of sp³-hybridized carbons (Fsp3) is 0.500. The summed E-state index contributed by atoms with van der Waals surface area (Å²) in [4.78, 5) is 15.1. The predicted molar refractivity (Wildman–Crippen MR) is 67.1 cm³/mol. The molecule has 1 atom stereocenters. The highest BCUT2D eigenvalue weighted by Gasteiger charge is 2.35. The Morgan fingerprint density at radius 1 is 1.38 bits per heavy atom. The first-order valence-corrected chi connectivity index (χ1v) is 7.74. The zero-order valence-electron chi connectivity index (χ0n) is 11.0. The number of carbonyl (C=O) groups is 1. The molecule has 1 aromatic rings. The molecule has 0 aliphatic heterocycles. The minimum atomic E-state index is -4.59. The van der Waals surface area contributed by atoms with E-state index in [9.17, 15) is 26.4 Å². The Bertz CT molecular complexity index is 637. The van der Waals surface area contributed by atoms with Crippen LogP contribution in [0.4, 0.5) is 13.2 Å². The van der Waals surface area contributed by atoms with Gasteiger partial charge < -0.3 is 5.32 Å². The van der Waals surface area contributed by atoms with Crippen LogP contribution in [-0.4, -0.2) is 30.6 Å². The lowest BCUT2D eigenvalue weighted by molar-refractivity contribution is -0.137. The molecule has 21 heavy (non-hydrogen) atoms. The van der Waals surface area contributed by atoms with Crippen LogP contribution in [-0.2, 0) is 20.8 Å². The van der Waals surface area contributed by atoms with E-state index < -0.39 is 37.8 Å². The van der Waals surface area contributed by atoms with Crippen LogP contribution in [0.5, 0.6) is 0 Å².